The second-order valence-corrected chi connectivity index (χ2v) is 6.02. The molecule has 4 heteroatoms. The van der Waals surface area contributed by atoms with Crippen molar-refractivity contribution in [2.45, 2.75) is 33.2 Å². The van der Waals surface area contributed by atoms with Crippen LogP contribution in [0.3, 0.4) is 0 Å². The zero-order chi connectivity index (χ0) is 15.2. The molecule has 0 spiro atoms. The van der Waals surface area contributed by atoms with Gasteiger partial charge in [0.15, 0.2) is 0 Å². The lowest BCUT2D eigenvalue weighted by molar-refractivity contribution is 0.0526. The fourth-order valence-electron chi connectivity index (χ4n) is 2.09. The van der Waals surface area contributed by atoms with Crippen molar-refractivity contribution in [3.63, 3.8) is 0 Å². The van der Waals surface area contributed by atoms with Gasteiger partial charge in [-0.15, -0.1) is 11.3 Å². The van der Waals surface area contributed by atoms with Crippen LogP contribution in [0.15, 0.2) is 36.4 Å². The Kier molecular flexibility index (Phi) is 5.39. The van der Waals surface area contributed by atoms with E-state index in [-0.39, 0.29) is 12.0 Å². The summed E-state index contributed by atoms with van der Waals surface area (Å²) in [6, 6.07) is 12.0. The van der Waals surface area contributed by atoms with Gasteiger partial charge >= 0.3 is 5.97 Å². The third kappa shape index (κ3) is 4.08. The summed E-state index contributed by atoms with van der Waals surface area (Å²) < 4.78 is 5.03. The van der Waals surface area contributed by atoms with Crippen LogP contribution in [0.4, 0.5) is 5.69 Å². The number of nitrogens with one attached hydrogen (secondary N) is 1. The molecule has 1 aromatic heterocycles. The number of esters is 1. The van der Waals surface area contributed by atoms with E-state index in [1.807, 2.05) is 36.5 Å². The lowest BCUT2D eigenvalue weighted by atomic mass is 10.2. The SMILES string of the molecule is CCOC(=O)c1cccc(NC(C)c2ccc(CC)s2)c1. The molecule has 3 nitrogen and oxygen atoms in total. The van der Waals surface area contributed by atoms with Gasteiger partial charge in [0.2, 0.25) is 0 Å². The van der Waals surface area contributed by atoms with Crippen LogP contribution >= 0.6 is 11.3 Å². The van der Waals surface area contributed by atoms with Crippen molar-refractivity contribution >= 4 is 23.0 Å². The van der Waals surface area contributed by atoms with Crippen molar-refractivity contribution in [3.8, 4) is 0 Å². The van der Waals surface area contributed by atoms with Gasteiger partial charge in [-0.3, -0.25) is 0 Å². The Hall–Kier alpha value is -1.81. The van der Waals surface area contributed by atoms with E-state index in [1.54, 1.807) is 6.07 Å². The second kappa shape index (κ2) is 7.27. The molecule has 1 N–H and O–H groups in total. The van der Waals surface area contributed by atoms with Crippen LogP contribution in [-0.2, 0) is 11.2 Å². The predicted octanol–water partition coefficient (Wildman–Crippen LogP) is 4.66. The van der Waals surface area contributed by atoms with Crippen molar-refractivity contribution in [3.05, 3.63) is 51.7 Å². The Morgan fingerprint density at radius 2 is 2.10 bits per heavy atom. The molecule has 0 fully saturated rings. The summed E-state index contributed by atoms with van der Waals surface area (Å²) in [6.07, 6.45) is 1.07. The quantitative estimate of drug-likeness (QED) is 0.789. The lowest BCUT2D eigenvalue weighted by Gasteiger charge is -2.14. The van der Waals surface area contributed by atoms with Gasteiger partial charge in [-0.2, -0.15) is 0 Å². The number of benzene rings is 1. The Balaban J connectivity index is 2.08. The van der Waals surface area contributed by atoms with Crippen LogP contribution in [0, 0.1) is 0 Å². The van der Waals surface area contributed by atoms with E-state index in [0.717, 1.165) is 12.1 Å². The first-order valence-corrected chi connectivity index (χ1v) is 8.08. The van der Waals surface area contributed by atoms with E-state index < -0.39 is 0 Å². The normalized spacial score (nSPS) is 12.0. The van der Waals surface area contributed by atoms with Crippen molar-refractivity contribution < 1.29 is 9.53 Å². The molecule has 1 aromatic carbocycles. The molecular weight excluding hydrogens is 282 g/mol. The number of rotatable bonds is 6. The third-order valence-electron chi connectivity index (χ3n) is 3.21. The van der Waals surface area contributed by atoms with Gasteiger partial charge in [0.25, 0.3) is 0 Å². The fourth-order valence-corrected chi connectivity index (χ4v) is 3.04. The van der Waals surface area contributed by atoms with E-state index in [1.165, 1.54) is 9.75 Å². The highest BCUT2D eigenvalue weighted by Crippen LogP contribution is 2.26. The number of ether oxygens (including phenoxy) is 1. The Morgan fingerprint density at radius 3 is 2.76 bits per heavy atom. The summed E-state index contributed by atoms with van der Waals surface area (Å²) in [4.78, 5) is 14.4. The molecule has 2 aromatic rings. The number of thiophene rings is 1. The molecule has 0 aliphatic rings. The van der Waals surface area contributed by atoms with Gasteiger partial charge < -0.3 is 10.1 Å². The van der Waals surface area contributed by atoms with E-state index in [2.05, 4.69) is 31.3 Å². The molecule has 0 aliphatic carbocycles. The monoisotopic (exact) mass is 303 g/mol. The van der Waals surface area contributed by atoms with E-state index in [0.29, 0.717) is 12.2 Å². The van der Waals surface area contributed by atoms with Gasteiger partial charge in [0.05, 0.1) is 18.2 Å². The number of hydrogen-bond donors (Lipinski definition) is 1. The predicted molar refractivity (Wildman–Crippen MR) is 88.1 cm³/mol. The average Bonchev–Trinajstić information content (AvgIpc) is 2.97. The Labute approximate surface area is 130 Å². The highest BCUT2D eigenvalue weighted by atomic mass is 32.1. The highest BCUT2D eigenvalue weighted by Gasteiger charge is 2.10. The van der Waals surface area contributed by atoms with E-state index in [4.69, 9.17) is 4.74 Å². The molecule has 2 rings (SSSR count). The van der Waals surface area contributed by atoms with Crippen molar-refractivity contribution in [2.75, 3.05) is 11.9 Å². The zero-order valence-corrected chi connectivity index (χ0v) is 13.5. The first-order valence-electron chi connectivity index (χ1n) is 7.26. The summed E-state index contributed by atoms with van der Waals surface area (Å²) in [7, 11) is 0. The summed E-state index contributed by atoms with van der Waals surface area (Å²) in [5.74, 6) is -0.279. The maximum atomic E-state index is 11.7. The van der Waals surface area contributed by atoms with E-state index in [9.17, 15) is 4.79 Å². The largest absolute Gasteiger partial charge is 0.462 e. The van der Waals surface area contributed by atoms with Crippen molar-refractivity contribution in [1.29, 1.82) is 0 Å². The molecule has 0 aliphatic heterocycles. The third-order valence-corrected chi connectivity index (χ3v) is 4.63. The van der Waals surface area contributed by atoms with Gasteiger partial charge in [0, 0.05) is 15.4 Å². The van der Waals surface area contributed by atoms with Gasteiger partial charge in [0.1, 0.15) is 0 Å². The van der Waals surface area contributed by atoms with Crippen molar-refractivity contribution in [2.24, 2.45) is 0 Å². The molecule has 0 saturated carbocycles. The molecule has 1 atom stereocenters. The summed E-state index contributed by atoms with van der Waals surface area (Å²) in [6.45, 7) is 6.49. The van der Waals surface area contributed by atoms with Crippen LogP contribution in [0.5, 0.6) is 0 Å². The summed E-state index contributed by atoms with van der Waals surface area (Å²) >= 11 is 1.82. The van der Waals surface area contributed by atoms with Gasteiger partial charge in [-0.1, -0.05) is 13.0 Å². The smallest absolute Gasteiger partial charge is 0.338 e. The van der Waals surface area contributed by atoms with Crippen molar-refractivity contribution in [1.82, 2.24) is 0 Å². The summed E-state index contributed by atoms with van der Waals surface area (Å²) in [5, 5.41) is 3.44. The minimum Gasteiger partial charge on any atom is -0.462 e. The topological polar surface area (TPSA) is 38.3 Å². The first kappa shape index (κ1) is 15.6. The molecule has 1 unspecified atom stereocenters. The van der Waals surface area contributed by atoms with Crippen LogP contribution < -0.4 is 5.32 Å². The second-order valence-electron chi connectivity index (χ2n) is 4.82. The fraction of sp³-hybridized carbons (Fsp3) is 0.353. The maximum absolute atomic E-state index is 11.7. The Bertz CT molecular complexity index is 606. The maximum Gasteiger partial charge on any atom is 0.338 e. The summed E-state index contributed by atoms with van der Waals surface area (Å²) in [5.41, 5.74) is 1.51. The molecule has 112 valence electrons. The zero-order valence-electron chi connectivity index (χ0n) is 12.7. The van der Waals surface area contributed by atoms with E-state index >= 15 is 0 Å². The Morgan fingerprint density at radius 1 is 1.29 bits per heavy atom. The number of carbonyl (C=O) groups excluding carboxylic acids is 1. The minimum atomic E-state index is -0.279. The average molecular weight is 303 g/mol. The first-order chi connectivity index (χ1) is 10.1. The van der Waals surface area contributed by atoms with Crippen LogP contribution in [0.1, 0.15) is 46.9 Å². The molecule has 0 saturated heterocycles. The van der Waals surface area contributed by atoms with Crippen LogP contribution in [0.25, 0.3) is 0 Å². The van der Waals surface area contributed by atoms with Gasteiger partial charge in [-0.25, -0.2) is 4.79 Å². The highest BCUT2D eigenvalue weighted by molar-refractivity contribution is 7.12. The number of anilines is 1. The lowest BCUT2D eigenvalue weighted by Crippen LogP contribution is -2.08. The van der Waals surface area contributed by atoms with Gasteiger partial charge in [-0.05, 0) is 50.6 Å². The van der Waals surface area contributed by atoms with Crippen LogP contribution in [-0.4, -0.2) is 12.6 Å². The molecular formula is C17H21NO2S. The molecule has 0 radical (unpaired) electrons. The minimum absolute atomic E-state index is 0.216. The number of hydrogen-bond acceptors (Lipinski definition) is 4. The van der Waals surface area contributed by atoms with Crippen LogP contribution in [0.2, 0.25) is 0 Å². The number of aryl methyl sites for hydroxylation is 1. The molecule has 1 heterocycles. The molecule has 0 amide bonds. The standard InChI is InChI=1S/C17H21NO2S/c1-4-15-9-10-16(21-15)12(3)18-14-8-6-7-13(11-14)17(19)20-5-2/h6-12,18H,4-5H2,1-3H3. The molecule has 0 bridgehead atoms. The number of carbonyl (C=O) groups is 1. The molecule has 21 heavy (non-hydrogen) atoms.